The van der Waals surface area contributed by atoms with E-state index < -0.39 is 0 Å². The Labute approximate surface area is 161 Å². The zero-order chi connectivity index (χ0) is 17.8. The van der Waals surface area contributed by atoms with Crippen molar-refractivity contribution in [1.82, 2.24) is 9.80 Å². The molecule has 0 saturated carbocycles. The Bertz CT molecular complexity index is 711. The van der Waals surface area contributed by atoms with Crippen molar-refractivity contribution >= 4 is 57.1 Å². The smallest absolute Gasteiger partial charge is 0.281 e. The molecular formula is C17H20ClN3O2S2. The molecule has 0 unspecified atom stereocenters. The van der Waals surface area contributed by atoms with E-state index in [1.54, 1.807) is 21.6 Å². The second kappa shape index (κ2) is 8.47. The van der Waals surface area contributed by atoms with E-state index in [1.165, 1.54) is 11.8 Å². The first-order valence-corrected chi connectivity index (χ1v) is 10.6. The Morgan fingerprint density at radius 1 is 1.28 bits per heavy atom. The predicted molar refractivity (Wildman–Crippen MR) is 106 cm³/mol. The molecule has 8 heteroatoms. The number of amidine groups is 1. The van der Waals surface area contributed by atoms with Gasteiger partial charge in [0, 0.05) is 42.6 Å². The quantitative estimate of drug-likeness (QED) is 0.765. The molecule has 3 rings (SSSR count). The van der Waals surface area contributed by atoms with Crippen molar-refractivity contribution in [3.8, 4) is 0 Å². The van der Waals surface area contributed by atoms with Crippen LogP contribution in [0.3, 0.4) is 0 Å². The van der Waals surface area contributed by atoms with Crippen LogP contribution in [0.4, 0.5) is 10.5 Å². The number of nitrogens with zero attached hydrogens (tertiary/aromatic N) is 3. The van der Waals surface area contributed by atoms with Crippen LogP contribution in [0.1, 0.15) is 18.4 Å². The number of halogens is 1. The summed E-state index contributed by atoms with van der Waals surface area (Å²) in [6.45, 7) is 3.83. The Hall–Kier alpha value is -1.18. The van der Waals surface area contributed by atoms with E-state index in [1.807, 2.05) is 25.1 Å². The highest BCUT2D eigenvalue weighted by Gasteiger charge is 2.26. The van der Waals surface area contributed by atoms with E-state index in [4.69, 9.17) is 11.6 Å². The number of aryl methyl sites for hydroxylation is 1. The van der Waals surface area contributed by atoms with Gasteiger partial charge in [-0.25, -0.2) is 4.99 Å². The highest BCUT2D eigenvalue weighted by atomic mass is 35.5. The zero-order valence-electron chi connectivity index (χ0n) is 14.0. The van der Waals surface area contributed by atoms with Crippen molar-refractivity contribution < 1.29 is 9.59 Å². The van der Waals surface area contributed by atoms with Crippen LogP contribution in [0.5, 0.6) is 0 Å². The predicted octanol–water partition coefficient (Wildman–Crippen LogP) is 4.16. The average molecular weight is 398 g/mol. The van der Waals surface area contributed by atoms with Gasteiger partial charge in [-0.2, -0.15) is 0 Å². The molecule has 2 heterocycles. The number of hydrogen-bond donors (Lipinski definition) is 0. The van der Waals surface area contributed by atoms with Crippen molar-refractivity contribution in [3.63, 3.8) is 0 Å². The highest BCUT2D eigenvalue weighted by molar-refractivity contribution is 8.14. The van der Waals surface area contributed by atoms with Crippen molar-refractivity contribution in [2.24, 2.45) is 4.99 Å². The molecule has 0 aromatic heterocycles. The van der Waals surface area contributed by atoms with E-state index in [-0.39, 0.29) is 11.1 Å². The molecule has 0 aliphatic carbocycles. The molecule has 0 spiro atoms. The van der Waals surface area contributed by atoms with Crippen LogP contribution in [0.2, 0.25) is 5.02 Å². The molecule has 2 aliphatic rings. The minimum absolute atomic E-state index is 0.0221. The fourth-order valence-corrected chi connectivity index (χ4v) is 4.64. The van der Waals surface area contributed by atoms with Gasteiger partial charge in [0.1, 0.15) is 0 Å². The second-order valence-electron chi connectivity index (χ2n) is 5.93. The summed E-state index contributed by atoms with van der Waals surface area (Å²) in [5, 5.41) is 1.47. The van der Waals surface area contributed by atoms with Gasteiger partial charge in [-0.15, -0.1) is 0 Å². The van der Waals surface area contributed by atoms with Gasteiger partial charge in [-0.1, -0.05) is 41.2 Å². The molecule has 2 amide bonds. The Morgan fingerprint density at radius 2 is 2.12 bits per heavy atom. The van der Waals surface area contributed by atoms with Crippen molar-refractivity contribution in [1.29, 1.82) is 0 Å². The van der Waals surface area contributed by atoms with Crippen molar-refractivity contribution in [2.75, 3.05) is 31.1 Å². The van der Waals surface area contributed by atoms with Gasteiger partial charge in [0.05, 0.1) is 5.69 Å². The van der Waals surface area contributed by atoms with E-state index in [0.29, 0.717) is 24.5 Å². The van der Waals surface area contributed by atoms with Crippen LogP contribution in [0, 0.1) is 6.92 Å². The Kier molecular flexibility index (Phi) is 6.30. The van der Waals surface area contributed by atoms with E-state index in [9.17, 15) is 9.59 Å². The molecule has 0 radical (unpaired) electrons. The lowest BCUT2D eigenvalue weighted by molar-refractivity contribution is -0.127. The molecule has 0 atom stereocenters. The van der Waals surface area contributed by atoms with Gasteiger partial charge in [0.2, 0.25) is 5.91 Å². The molecule has 0 N–H and O–H groups in total. The van der Waals surface area contributed by atoms with Gasteiger partial charge in [0.25, 0.3) is 5.24 Å². The minimum Gasteiger partial charge on any atom is -0.332 e. The van der Waals surface area contributed by atoms with E-state index >= 15 is 0 Å². The number of amides is 2. The monoisotopic (exact) mass is 397 g/mol. The van der Waals surface area contributed by atoms with Crippen molar-refractivity contribution in [2.45, 2.75) is 19.8 Å². The van der Waals surface area contributed by atoms with Crippen LogP contribution in [0.15, 0.2) is 23.2 Å². The molecular weight excluding hydrogens is 378 g/mol. The first kappa shape index (κ1) is 18.6. The summed E-state index contributed by atoms with van der Waals surface area (Å²) in [6.07, 6.45) is 1.28. The third kappa shape index (κ3) is 4.71. The van der Waals surface area contributed by atoms with Crippen LogP contribution in [-0.2, 0) is 4.79 Å². The van der Waals surface area contributed by atoms with Gasteiger partial charge in [-0.05, 0) is 31.0 Å². The van der Waals surface area contributed by atoms with E-state index in [0.717, 1.165) is 40.9 Å². The van der Waals surface area contributed by atoms with E-state index in [2.05, 4.69) is 4.99 Å². The maximum atomic E-state index is 12.6. The molecule has 1 aromatic carbocycles. The first-order valence-electron chi connectivity index (χ1n) is 8.24. The largest absolute Gasteiger partial charge is 0.332 e. The summed E-state index contributed by atoms with van der Waals surface area (Å²) in [6, 6.07) is 5.66. The lowest BCUT2D eigenvalue weighted by atomic mass is 10.2. The molecule has 2 saturated heterocycles. The van der Waals surface area contributed by atoms with Crippen LogP contribution < -0.4 is 0 Å². The SMILES string of the molecule is Cc1ccc(N=C2SCCCN2C(=O)CCN2CCSC2=O)cc1Cl. The fourth-order valence-electron chi connectivity index (χ4n) is 2.64. The fraction of sp³-hybridized carbons (Fsp3) is 0.471. The number of thioether (sulfide) groups is 2. The maximum Gasteiger partial charge on any atom is 0.281 e. The zero-order valence-corrected chi connectivity index (χ0v) is 16.4. The van der Waals surface area contributed by atoms with Crippen molar-refractivity contribution in [3.05, 3.63) is 28.8 Å². The lowest BCUT2D eigenvalue weighted by Crippen LogP contribution is -2.40. The Morgan fingerprint density at radius 3 is 2.84 bits per heavy atom. The van der Waals surface area contributed by atoms with Crippen LogP contribution >= 0.6 is 35.1 Å². The van der Waals surface area contributed by atoms with Crippen LogP contribution in [-0.4, -0.2) is 57.3 Å². The normalized spacial score (nSPS) is 19.8. The topological polar surface area (TPSA) is 53.0 Å². The highest BCUT2D eigenvalue weighted by Crippen LogP contribution is 2.26. The minimum atomic E-state index is 0.0221. The molecule has 0 bridgehead atoms. The third-order valence-electron chi connectivity index (χ3n) is 4.11. The van der Waals surface area contributed by atoms with Crippen LogP contribution in [0.25, 0.3) is 0 Å². The summed E-state index contributed by atoms with van der Waals surface area (Å²) in [5.74, 6) is 1.78. The third-order valence-corrected chi connectivity index (χ3v) is 6.47. The summed E-state index contributed by atoms with van der Waals surface area (Å²) < 4.78 is 0. The molecule has 134 valence electrons. The van der Waals surface area contributed by atoms with Gasteiger partial charge >= 0.3 is 0 Å². The number of hydrogen-bond acceptors (Lipinski definition) is 5. The lowest BCUT2D eigenvalue weighted by Gasteiger charge is -2.28. The Balaban J connectivity index is 1.69. The number of carbonyl (C=O) groups excluding carboxylic acids is 2. The first-order chi connectivity index (χ1) is 12.0. The number of carbonyl (C=O) groups is 2. The summed E-state index contributed by atoms with van der Waals surface area (Å²) >= 11 is 9.08. The summed E-state index contributed by atoms with van der Waals surface area (Å²) in [5.41, 5.74) is 1.76. The average Bonchev–Trinajstić information content (AvgIpc) is 3.01. The summed E-state index contributed by atoms with van der Waals surface area (Å²) in [7, 11) is 0. The number of aliphatic imine (C=N–C) groups is 1. The molecule has 2 aliphatic heterocycles. The molecule has 2 fully saturated rings. The standard InChI is InChI=1S/C17H20ClN3O2S2/c1-12-3-4-13(11-14(12)18)19-16-21(6-2-9-24-16)15(22)5-7-20-8-10-25-17(20)23/h3-4,11H,2,5-10H2,1H3. The van der Waals surface area contributed by atoms with Gasteiger partial charge in [0.15, 0.2) is 5.17 Å². The maximum absolute atomic E-state index is 12.6. The van der Waals surface area contributed by atoms with Gasteiger partial charge in [-0.3, -0.25) is 14.5 Å². The molecule has 1 aromatic rings. The number of benzene rings is 1. The summed E-state index contributed by atoms with van der Waals surface area (Å²) in [4.78, 5) is 32.4. The molecule has 25 heavy (non-hydrogen) atoms. The number of rotatable bonds is 4. The second-order valence-corrected chi connectivity index (χ2v) is 8.44. The molecule has 5 nitrogen and oxygen atoms in total. The van der Waals surface area contributed by atoms with Gasteiger partial charge < -0.3 is 4.90 Å².